The Hall–Kier alpha value is -2.81. The minimum atomic E-state index is -0.0803. The molecule has 0 bridgehead atoms. The molecular formula is C19H21N5O. The van der Waals surface area contributed by atoms with Gasteiger partial charge in [0.2, 0.25) is 0 Å². The van der Waals surface area contributed by atoms with Gasteiger partial charge in [0.1, 0.15) is 12.2 Å². The van der Waals surface area contributed by atoms with E-state index in [2.05, 4.69) is 31.8 Å². The molecule has 1 fully saturated rings. The van der Waals surface area contributed by atoms with Crippen LogP contribution in [0.25, 0.3) is 11.3 Å². The van der Waals surface area contributed by atoms with Gasteiger partial charge in [-0.2, -0.15) is 0 Å². The van der Waals surface area contributed by atoms with Gasteiger partial charge in [0, 0.05) is 49.1 Å². The van der Waals surface area contributed by atoms with Crippen molar-refractivity contribution < 1.29 is 4.79 Å². The van der Waals surface area contributed by atoms with Crippen LogP contribution in [0.2, 0.25) is 0 Å². The first-order valence-corrected chi connectivity index (χ1v) is 8.52. The van der Waals surface area contributed by atoms with E-state index in [0.29, 0.717) is 13.1 Å². The number of aromatic nitrogens is 4. The lowest BCUT2D eigenvalue weighted by Gasteiger charge is -2.30. The molecule has 1 aliphatic heterocycles. The van der Waals surface area contributed by atoms with Gasteiger partial charge in [-0.25, -0.2) is 19.9 Å². The van der Waals surface area contributed by atoms with Gasteiger partial charge < -0.3 is 4.90 Å². The summed E-state index contributed by atoms with van der Waals surface area (Å²) in [5.74, 6) is 6.87. The highest BCUT2D eigenvalue weighted by Crippen LogP contribution is 2.26. The van der Waals surface area contributed by atoms with Crippen molar-refractivity contribution in [3.05, 3.63) is 36.8 Å². The maximum absolute atomic E-state index is 12.1. The normalized spacial score (nSPS) is 14.9. The summed E-state index contributed by atoms with van der Waals surface area (Å²) in [6.07, 6.45) is 8.46. The van der Waals surface area contributed by atoms with Gasteiger partial charge in [0.15, 0.2) is 0 Å². The minimum absolute atomic E-state index is 0.0803. The number of rotatable bonds is 2. The zero-order chi connectivity index (χ0) is 17.6. The Morgan fingerprint density at radius 1 is 1.24 bits per heavy atom. The monoisotopic (exact) mass is 335 g/mol. The first-order chi connectivity index (χ1) is 12.1. The first kappa shape index (κ1) is 17.0. The molecule has 0 radical (unpaired) electrons. The molecule has 6 heteroatoms. The average molecular weight is 335 g/mol. The van der Waals surface area contributed by atoms with Crippen LogP contribution in [-0.2, 0) is 4.79 Å². The molecule has 25 heavy (non-hydrogen) atoms. The molecule has 3 rings (SSSR count). The zero-order valence-electron chi connectivity index (χ0n) is 14.5. The summed E-state index contributed by atoms with van der Waals surface area (Å²) in [7, 11) is 0. The minimum Gasteiger partial charge on any atom is -0.332 e. The van der Waals surface area contributed by atoms with Gasteiger partial charge in [-0.1, -0.05) is 19.8 Å². The van der Waals surface area contributed by atoms with Crippen molar-refractivity contribution in [1.82, 2.24) is 24.8 Å². The van der Waals surface area contributed by atoms with Gasteiger partial charge in [-0.05, 0) is 24.8 Å². The van der Waals surface area contributed by atoms with Gasteiger partial charge in [-0.15, -0.1) is 0 Å². The lowest BCUT2D eigenvalue weighted by atomic mass is 9.95. The summed E-state index contributed by atoms with van der Waals surface area (Å²) < 4.78 is 0. The van der Waals surface area contributed by atoms with Crippen molar-refractivity contribution >= 4 is 5.91 Å². The number of carbonyl (C=O) groups excluding carboxylic acids is 1. The van der Waals surface area contributed by atoms with Crippen LogP contribution in [0.4, 0.5) is 0 Å². The van der Waals surface area contributed by atoms with E-state index < -0.39 is 0 Å². The molecule has 0 unspecified atom stereocenters. The van der Waals surface area contributed by atoms with Crippen molar-refractivity contribution in [3.8, 4) is 23.1 Å². The van der Waals surface area contributed by atoms with E-state index >= 15 is 0 Å². The number of amides is 1. The molecule has 1 saturated heterocycles. The lowest BCUT2D eigenvalue weighted by Crippen LogP contribution is -2.37. The molecule has 0 saturated carbocycles. The fourth-order valence-corrected chi connectivity index (χ4v) is 2.79. The first-order valence-electron chi connectivity index (χ1n) is 8.52. The number of likely N-dealkylation sites (tertiary alicyclic amines) is 1. The molecule has 0 spiro atoms. The van der Waals surface area contributed by atoms with Gasteiger partial charge >= 0.3 is 0 Å². The Balaban J connectivity index is 1.66. The largest absolute Gasteiger partial charge is 0.332 e. The second kappa shape index (κ2) is 7.84. The van der Waals surface area contributed by atoms with Crippen molar-refractivity contribution in [3.63, 3.8) is 0 Å². The Kier molecular flexibility index (Phi) is 5.34. The number of hydrogen-bond donors (Lipinski definition) is 0. The third-order valence-electron chi connectivity index (χ3n) is 4.15. The second-order valence-electron chi connectivity index (χ2n) is 6.42. The van der Waals surface area contributed by atoms with Crippen molar-refractivity contribution in [2.24, 2.45) is 5.92 Å². The summed E-state index contributed by atoms with van der Waals surface area (Å²) in [6.45, 7) is 5.35. The van der Waals surface area contributed by atoms with Crippen LogP contribution < -0.4 is 0 Å². The molecular weight excluding hydrogens is 314 g/mol. The van der Waals surface area contributed by atoms with Crippen LogP contribution in [0.3, 0.4) is 0 Å². The number of carbonyl (C=O) groups is 1. The molecule has 2 aromatic heterocycles. The highest BCUT2D eigenvalue weighted by molar-refractivity contribution is 5.93. The Morgan fingerprint density at radius 3 is 2.64 bits per heavy atom. The van der Waals surface area contributed by atoms with Gasteiger partial charge in [0.05, 0.1) is 5.69 Å². The van der Waals surface area contributed by atoms with Gasteiger partial charge in [0.25, 0.3) is 5.91 Å². The predicted octanol–water partition coefficient (Wildman–Crippen LogP) is 2.30. The van der Waals surface area contributed by atoms with E-state index in [9.17, 15) is 4.79 Å². The van der Waals surface area contributed by atoms with Gasteiger partial charge in [-0.3, -0.25) is 4.79 Å². The topological polar surface area (TPSA) is 71.9 Å². The van der Waals surface area contributed by atoms with E-state index in [1.165, 1.54) is 6.33 Å². The average Bonchev–Trinajstić information content (AvgIpc) is 2.67. The molecule has 6 nitrogen and oxygen atoms in total. The van der Waals surface area contributed by atoms with E-state index in [0.717, 1.165) is 29.9 Å². The summed E-state index contributed by atoms with van der Waals surface area (Å²) in [5.41, 5.74) is 1.70. The van der Waals surface area contributed by atoms with Crippen LogP contribution >= 0.6 is 0 Å². The van der Waals surface area contributed by atoms with E-state index in [4.69, 9.17) is 0 Å². The van der Waals surface area contributed by atoms with E-state index in [-0.39, 0.29) is 17.7 Å². The quantitative estimate of drug-likeness (QED) is 0.788. The molecule has 0 aliphatic carbocycles. The number of hydrogen-bond acceptors (Lipinski definition) is 5. The Labute approximate surface area is 147 Å². The maximum atomic E-state index is 12.1. The molecule has 3 heterocycles. The third-order valence-corrected chi connectivity index (χ3v) is 4.15. The highest BCUT2D eigenvalue weighted by atomic mass is 16.2. The molecule has 2 aromatic rings. The van der Waals surface area contributed by atoms with E-state index in [1.807, 2.05) is 24.8 Å². The fraction of sp³-hybridized carbons (Fsp3) is 0.421. The molecule has 0 atom stereocenters. The van der Waals surface area contributed by atoms with Crippen LogP contribution in [0.1, 0.15) is 38.4 Å². The maximum Gasteiger partial charge on any atom is 0.298 e. The van der Waals surface area contributed by atoms with Crippen molar-refractivity contribution in [2.45, 2.75) is 32.6 Å². The lowest BCUT2D eigenvalue weighted by molar-refractivity contribution is -0.126. The third kappa shape index (κ3) is 4.38. The molecule has 128 valence electrons. The summed E-state index contributed by atoms with van der Waals surface area (Å²) in [4.78, 5) is 31.1. The fourth-order valence-electron chi connectivity index (χ4n) is 2.79. The second-order valence-corrected chi connectivity index (χ2v) is 6.42. The SMILES string of the molecule is CC(C)C#CC(=O)N1CCC(c2nccc(-c3cncnc3)n2)CC1. The molecule has 1 amide bonds. The summed E-state index contributed by atoms with van der Waals surface area (Å²) in [5, 5.41) is 0. The number of piperidine rings is 1. The van der Waals surface area contributed by atoms with Crippen LogP contribution in [0.15, 0.2) is 31.0 Å². The molecule has 0 N–H and O–H groups in total. The highest BCUT2D eigenvalue weighted by Gasteiger charge is 2.25. The smallest absolute Gasteiger partial charge is 0.298 e. The predicted molar refractivity (Wildman–Crippen MR) is 94.2 cm³/mol. The number of nitrogens with zero attached hydrogens (tertiary/aromatic N) is 5. The van der Waals surface area contributed by atoms with Crippen LogP contribution in [0.5, 0.6) is 0 Å². The van der Waals surface area contributed by atoms with E-state index in [1.54, 1.807) is 18.6 Å². The van der Waals surface area contributed by atoms with Crippen LogP contribution in [0, 0.1) is 17.8 Å². The Bertz CT molecular complexity index is 786. The summed E-state index contributed by atoms with van der Waals surface area (Å²) in [6, 6.07) is 1.86. The molecule has 1 aliphatic rings. The Morgan fingerprint density at radius 2 is 1.96 bits per heavy atom. The molecule has 0 aromatic carbocycles. The van der Waals surface area contributed by atoms with Crippen molar-refractivity contribution in [2.75, 3.05) is 13.1 Å². The van der Waals surface area contributed by atoms with Crippen LogP contribution in [-0.4, -0.2) is 43.8 Å². The standard InChI is InChI=1S/C19H21N5O/c1-14(2)3-4-18(25)24-9-6-15(7-10-24)19-22-8-5-17(23-19)16-11-20-13-21-12-16/h5,8,11-15H,6-7,9-10H2,1-2H3. The van der Waals surface area contributed by atoms with Crippen molar-refractivity contribution in [1.29, 1.82) is 0 Å². The summed E-state index contributed by atoms with van der Waals surface area (Å²) >= 11 is 0. The zero-order valence-corrected chi connectivity index (χ0v) is 14.5.